The second-order valence-electron chi connectivity index (χ2n) is 4.58. The van der Waals surface area contributed by atoms with E-state index in [1.165, 1.54) is 5.56 Å². The van der Waals surface area contributed by atoms with Crippen molar-refractivity contribution in [2.24, 2.45) is 0 Å². The molecule has 1 aromatic carbocycles. The van der Waals surface area contributed by atoms with Crippen LogP contribution in [0.25, 0.3) is 0 Å². The number of carbonyl (C=O) groups is 1. The maximum Gasteiger partial charge on any atom is 0.324 e. The highest BCUT2D eigenvalue weighted by Gasteiger charge is 2.40. The third-order valence-corrected chi connectivity index (χ3v) is 3.28. The molecule has 1 saturated heterocycles. The summed E-state index contributed by atoms with van der Waals surface area (Å²) in [4.78, 5) is 11.3. The molecule has 1 aliphatic heterocycles. The Kier molecular flexibility index (Phi) is 4.54. The first-order valence-corrected chi connectivity index (χ1v) is 5.66. The molecule has 94 valence electrons. The minimum absolute atomic E-state index is 0. The van der Waals surface area contributed by atoms with E-state index in [-0.39, 0.29) is 12.4 Å². The number of benzene rings is 1. The standard InChI is InChI=1S/C13H17NO2.ClH/c1-10-3-5-11(6-4-10)9-13(12(15)16)7-2-8-14-13;/h3-6,14H,2,7-9H2,1H3,(H,15,16);1H/t13-;/m0./s1. The van der Waals surface area contributed by atoms with Crippen LogP contribution in [-0.4, -0.2) is 23.2 Å². The minimum Gasteiger partial charge on any atom is -0.480 e. The molecule has 2 rings (SSSR count). The lowest BCUT2D eigenvalue weighted by Crippen LogP contribution is -2.49. The van der Waals surface area contributed by atoms with E-state index in [1.807, 2.05) is 31.2 Å². The van der Waals surface area contributed by atoms with Crippen molar-refractivity contribution in [2.45, 2.75) is 31.7 Å². The summed E-state index contributed by atoms with van der Waals surface area (Å²) in [6.07, 6.45) is 2.23. The van der Waals surface area contributed by atoms with Crippen LogP contribution in [-0.2, 0) is 11.2 Å². The van der Waals surface area contributed by atoms with Crippen LogP contribution < -0.4 is 5.32 Å². The average Bonchev–Trinajstić information content (AvgIpc) is 2.71. The highest BCUT2D eigenvalue weighted by molar-refractivity contribution is 5.85. The van der Waals surface area contributed by atoms with Crippen LogP contribution in [0.5, 0.6) is 0 Å². The third kappa shape index (κ3) is 2.99. The molecule has 0 aliphatic carbocycles. The topological polar surface area (TPSA) is 49.3 Å². The molecule has 17 heavy (non-hydrogen) atoms. The van der Waals surface area contributed by atoms with Gasteiger partial charge in [-0.25, -0.2) is 0 Å². The maximum atomic E-state index is 11.3. The number of halogens is 1. The lowest BCUT2D eigenvalue weighted by atomic mass is 9.89. The van der Waals surface area contributed by atoms with E-state index in [4.69, 9.17) is 0 Å². The van der Waals surface area contributed by atoms with E-state index in [0.717, 1.165) is 24.9 Å². The minimum atomic E-state index is -0.741. The van der Waals surface area contributed by atoms with Gasteiger partial charge in [-0.15, -0.1) is 12.4 Å². The van der Waals surface area contributed by atoms with Gasteiger partial charge in [0.2, 0.25) is 0 Å². The van der Waals surface area contributed by atoms with Crippen molar-refractivity contribution in [2.75, 3.05) is 6.54 Å². The molecule has 0 radical (unpaired) electrons. The zero-order valence-corrected chi connectivity index (χ0v) is 10.7. The molecule has 2 N–H and O–H groups in total. The van der Waals surface area contributed by atoms with Crippen molar-refractivity contribution >= 4 is 18.4 Å². The fourth-order valence-electron chi connectivity index (χ4n) is 2.27. The van der Waals surface area contributed by atoms with Crippen molar-refractivity contribution in [1.29, 1.82) is 0 Å². The van der Waals surface area contributed by atoms with Gasteiger partial charge in [0.1, 0.15) is 5.54 Å². The summed E-state index contributed by atoms with van der Waals surface area (Å²) in [7, 11) is 0. The molecule has 0 spiro atoms. The fourth-order valence-corrected chi connectivity index (χ4v) is 2.27. The second-order valence-corrected chi connectivity index (χ2v) is 4.58. The molecule has 1 fully saturated rings. The Morgan fingerprint density at radius 1 is 1.41 bits per heavy atom. The molecule has 1 aliphatic rings. The Morgan fingerprint density at radius 3 is 2.53 bits per heavy atom. The predicted octanol–water partition coefficient (Wildman–Crippen LogP) is 2.17. The summed E-state index contributed by atoms with van der Waals surface area (Å²) in [6, 6.07) is 8.08. The third-order valence-electron chi connectivity index (χ3n) is 3.28. The summed E-state index contributed by atoms with van der Waals surface area (Å²) >= 11 is 0. The van der Waals surface area contributed by atoms with Gasteiger partial charge in [-0.1, -0.05) is 29.8 Å². The lowest BCUT2D eigenvalue weighted by molar-refractivity contribution is -0.144. The number of aliphatic carboxylic acids is 1. The molecule has 4 heteroatoms. The van der Waals surface area contributed by atoms with Crippen LogP contribution in [0.3, 0.4) is 0 Å². The molecule has 0 bridgehead atoms. The Morgan fingerprint density at radius 2 is 2.06 bits per heavy atom. The highest BCUT2D eigenvalue weighted by Crippen LogP contribution is 2.24. The summed E-state index contributed by atoms with van der Waals surface area (Å²) in [5.74, 6) is -0.731. The molecule has 0 saturated carbocycles. The molecular weight excluding hydrogens is 238 g/mol. The van der Waals surface area contributed by atoms with Crippen LogP contribution in [0.2, 0.25) is 0 Å². The van der Waals surface area contributed by atoms with Crippen LogP contribution in [0.1, 0.15) is 24.0 Å². The zero-order valence-electron chi connectivity index (χ0n) is 9.90. The number of hydrogen-bond acceptors (Lipinski definition) is 2. The first-order chi connectivity index (χ1) is 7.62. The van der Waals surface area contributed by atoms with E-state index >= 15 is 0 Å². The van der Waals surface area contributed by atoms with E-state index in [9.17, 15) is 9.90 Å². The first-order valence-electron chi connectivity index (χ1n) is 5.66. The molecule has 1 heterocycles. The fraction of sp³-hybridized carbons (Fsp3) is 0.462. The van der Waals surface area contributed by atoms with Gasteiger partial charge in [0, 0.05) is 6.42 Å². The highest BCUT2D eigenvalue weighted by atomic mass is 35.5. The Bertz CT molecular complexity index is 383. The number of nitrogens with one attached hydrogen (secondary N) is 1. The number of rotatable bonds is 3. The van der Waals surface area contributed by atoms with E-state index < -0.39 is 11.5 Å². The number of aryl methyl sites for hydroxylation is 1. The smallest absolute Gasteiger partial charge is 0.324 e. The lowest BCUT2D eigenvalue weighted by Gasteiger charge is -2.24. The molecule has 0 amide bonds. The summed E-state index contributed by atoms with van der Waals surface area (Å²) in [5, 5.41) is 12.5. The molecular formula is C13H18ClNO2. The molecule has 0 unspecified atom stereocenters. The van der Waals surface area contributed by atoms with Gasteiger partial charge in [0.05, 0.1) is 0 Å². The van der Waals surface area contributed by atoms with Crippen molar-refractivity contribution in [1.82, 2.24) is 5.32 Å². The summed E-state index contributed by atoms with van der Waals surface area (Å²) in [5.41, 5.74) is 1.55. The first kappa shape index (κ1) is 14.0. The summed E-state index contributed by atoms with van der Waals surface area (Å²) in [6.45, 7) is 2.84. The number of carboxylic acid groups (broad SMARTS) is 1. The van der Waals surface area contributed by atoms with Gasteiger partial charge < -0.3 is 10.4 Å². The maximum absolute atomic E-state index is 11.3. The Labute approximate surface area is 108 Å². The molecule has 0 aromatic heterocycles. The van der Waals surface area contributed by atoms with E-state index in [2.05, 4.69) is 5.32 Å². The van der Waals surface area contributed by atoms with Crippen LogP contribution in [0, 0.1) is 6.92 Å². The normalized spacial score (nSPS) is 23.1. The van der Waals surface area contributed by atoms with Crippen molar-refractivity contribution in [3.05, 3.63) is 35.4 Å². The Balaban J connectivity index is 0.00000144. The average molecular weight is 256 g/mol. The van der Waals surface area contributed by atoms with Crippen LogP contribution in [0.15, 0.2) is 24.3 Å². The van der Waals surface area contributed by atoms with E-state index in [1.54, 1.807) is 0 Å². The van der Waals surface area contributed by atoms with Crippen molar-refractivity contribution in [3.63, 3.8) is 0 Å². The Hall–Kier alpha value is -1.06. The van der Waals surface area contributed by atoms with Crippen LogP contribution in [0.4, 0.5) is 0 Å². The largest absolute Gasteiger partial charge is 0.480 e. The predicted molar refractivity (Wildman–Crippen MR) is 69.7 cm³/mol. The number of carboxylic acids is 1. The molecule has 1 aromatic rings. The summed E-state index contributed by atoms with van der Waals surface area (Å²) < 4.78 is 0. The monoisotopic (exact) mass is 255 g/mol. The molecule has 3 nitrogen and oxygen atoms in total. The zero-order chi connectivity index (χ0) is 11.6. The van der Waals surface area contributed by atoms with Gasteiger partial charge in [-0.3, -0.25) is 4.79 Å². The van der Waals surface area contributed by atoms with Gasteiger partial charge >= 0.3 is 5.97 Å². The van der Waals surface area contributed by atoms with Crippen LogP contribution >= 0.6 is 12.4 Å². The SMILES string of the molecule is Cc1ccc(C[C@]2(C(=O)O)CCCN2)cc1.Cl. The van der Waals surface area contributed by atoms with Gasteiger partial charge in [-0.05, 0) is 31.9 Å². The van der Waals surface area contributed by atoms with Crippen molar-refractivity contribution < 1.29 is 9.90 Å². The second kappa shape index (κ2) is 5.52. The van der Waals surface area contributed by atoms with Gasteiger partial charge in [0.25, 0.3) is 0 Å². The van der Waals surface area contributed by atoms with Crippen molar-refractivity contribution in [3.8, 4) is 0 Å². The van der Waals surface area contributed by atoms with Gasteiger partial charge in [0.15, 0.2) is 0 Å². The number of hydrogen-bond donors (Lipinski definition) is 2. The quantitative estimate of drug-likeness (QED) is 0.870. The van der Waals surface area contributed by atoms with E-state index in [0.29, 0.717) is 6.42 Å². The molecule has 1 atom stereocenters. The van der Waals surface area contributed by atoms with Gasteiger partial charge in [-0.2, -0.15) is 0 Å².